The van der Waals surface area contributed by atoms with Crippen molar-refractivity contribution >= 4 is 17.7 Å². The largest absolute Gasteiger partial charge is 0.493 e. The molecule has 0 spiro atoms. The molecule has 0 saturated heterocycles. The van der Waals surface area contributed by atoms with Crippen LogP contribution in [-0.2, 0) is 4.79 Å². The predicted molar refractivity (Wildman–Crippen MR) is 94.7 cm³/mol. The molecule has 0 aliphatic heterocycles. The van der Waals surface area contributed by atoms with Crippen LogP contribution < -0.4 is 14.8 Å². The summed E-state index contributed by atoms with van der Waals surface area (Å²) in [6.45, 7) is -0.00869. The van der Waals surface area contributed by atoms with Gasteiger partial charge in [0.2, 0.25) is 0 Å². The summed E-state index contributed by atoms with van der Waals surface area (Å²) in [5, 5.41) is 12.8. The Morgan fingerprint density at radius 2 is 1.83 bits per heavy atom. The number of para-hydroxylation sites is 2. The fraction of sp³-hybridized carbons (Fsp3) is 0.278. The van der Waals surface area contributed by atoms with Crippen LogP contribution in [0.2, 0.25) is 0 Å². The average molecular weight is 347 g/mol. The van der Waals surface area contributed by atoms with Crippen LogP contribution in [0.25, 0.3) is 0 Å². The molecule has 1 unspecified atom stereocenters. The van der Waals surface area contributed by atoms with Crippen LogP contribution in [0.15, 0.2) is 53.4 Å². The molecule has 0 radical (unpaired) electrons. The fourth-order valence-corrected chi connectivity index (χ4v) is 2.50. The van der Waals surface area contributed by atoms with Crippen molar-refractivity contribution in [3.63, 3.8) is 0 Å². The molecule has 0 aliphatic carbocycles. The third kappa shape index (κ3) is 5.18. The van der Waals surface area contributed by atoms with Gasteiger partial charge in [-0.15, -0.1) is 11.8 Å². The molecular formula is C18H21NO4S. The first-order chi connectivity index (χ1) is 11.6. The second kappa shape index (κ2) is 9.20. The average Bonchev–Trinajstić information content (AvgIpc) is 2.64. The first-order valence-electron chi connectivity index (χ1n) is 7.48. The number of thioether (sulfide) groups is 1. The Kier molecular flexibility index (Phi) is 6.96. The molecule has 0 aromatic heterocycles. The molecule has 5 nitrogen and oxygen atoms in total. The van der Waals surface area contributed by atoms with Crippen molar-refractivity contribution in [2.75, 3.05) is 26.5 Å². The van der Waals surface area contributed by atoms with E-state index in [4.69, 9.17) is 9.47 Å². The van der Waals surface area contributed by atoms with Crippen molar-refractivity contribution in [3.05, 3.63) is 54.1 Å². The Morgan fingerprint density at radius 3 is 2.46 bits per heavy atom. The number of aliphatic hydroxyl groups is 1. The highest BCUT2D eigenvalue weighted by Crippen LogP contribution is 2.25. The summed E-state index contributed by atoms with van der Waals surface area (Å²) in [7, 11) is 1.54. The quantitative estimate of drug-likeness (QED) is 0.719. The standard InChI is InChI=1S/C18H21NO4S/c1-22-16-5-3-4-6-17(16)23-12-18(21)19-11-15(20)13-7-9-14(24-2)10-8-13/h3-10,15,20H,11-12H2,1-2H3,(H,19,21). The number of ether oxygens (including phenoxy) is 2. The molecule has 128 valence electrons. The lowest BCUT2D eigenvalue weighted by Crippen LogP contribution is -2.32. The fourth-order valence-electron chi connectivity index (χ4n) is 2.09. The molecule has 0 fully saturated rings. The third-order valence-corrected chi connectivity index (χ3v) is 4.16. The SMILES string of the molecule is COc1ccccc1OCC(=O)NCC(O)c1ccc(SC)cc1. The van der Waals surface area contributed by atoms with Gasteiger partial charge in [0.1, 0.15) is 0 Å². The van der Waals surface area contributed by atoms with Gasteiger partial charge in [0, 0.05) is 11.4 Å². The van der Waals surface area contributed by atoms with Crippen LogP contribution in [0.4, 0.5) is 0 Å². The van der Waals surface area contributed by atoms with E-state index < -0.39 is 6.10 Å². The summed E-state index contributed by atoms with van der Waals surface area (Å²) in [6, 6.07) is 14.7. The molecule has 2 rings (SSSR count). The second-order valence-corrected chi connectivity index (χ2v) is 5.91. The maximum atomic E-state index is 11.9. The van der Waals surface area contributed by atoms with E-state index in [1.54, 1.807) is 37.1 Å². The van der Waals surface area contributed by atoms with Crippen molar-refractivity contribution in [2.45, 2.75) is 11.0 Å². The summed E-state index contributed by atoms with van der Waals surface area (Å²) in [5.41, 5.74) is 0.763. The molecule has 0 aliphatic rings. The summed E-state index contributed by atoms with van der Waals surface area (Å²) >= 11 is 1.64. The van der Waals surface area contributed by atoms with Gasteiger partial charge in [-0.2, -0.15) is 0 Å². The predicted octanol–water partition coefficient (Wildman–Crippen LogP) is 2.65. The van der Waals surface area contributed by atoms with Crippen LogP contribution in [0.5, 0.6) is 11.5 Å². The highest BCUT2D eigenvalue weighted by atomic mass is 32.2. The van der Waals surface area contributed by atoms with Crippen LogP contribution in [0, 0.1) is 0 Å². The highest BCUT2D eigenvalue weighted by Gasteiger charge is 2.11. The molecule has 6 heteroatoms. The van der Waals surface area contributed by atoms with Gasteiger partial charge in [-0.25, -0.2) is 0 Å². The molecule has 0 heterocycles. The summed E-state index contributed by atoms with van der Waals surface area (Å²) in [6.07, 6.45) is 1.24. The Bertz CT molecular complexity index is 660. The van der Waals surface area contributed by atoms with Gasteiger partial charge in [0.25, 0.3) is 5.91 Å². The number of carbonyl (C=O) groups excluding carboxylic acids is 1. The Hall–Kier alpha value is -2.18. The van der Waals surface area contributed by atoms with Crippen LogP contribution in [-0.4, -0.2) is 37.5 Å². The zero-order valence-corrected chi connectivity index (χ0v) is 14.5. The van der Waals surface area contributed by atoms with Crippen molar-refractivity contribution in [1.82, 2.24) is 5.32 Å². The molecule has 24 heavy (non-hydrogen) atoms. The number of rotatable bonds is 8. The topological polar surface area (TPSA) is 67.8 Å². The number of carbonyl (C=O) groups is 1. The maximum absolute atomic E-state index is 11.9. The number of methoxy groups -OCH3 is 1. The number of benzene rings is 2. The van der Waals surface area contributed by atoms with Crippen LogP contribution >= 0.6 is 11.8 Å². The van der Waals surface area contributed by atoms with Crippen LogP contribution in [0.3, 0.4) is 0 Å². The lowest BCUT2D eigenvalue weighted by Gasteiger charge is -2.14. The number of nitrogens with one attached hydrogen (secondary N) is 1. The maximum Gasteiger partial charge on any atom is 0.258 e. The van der Waals surface area contributed by atoms with E-state index in [0.29, 0.717) is 11.5 Å². The lowest BCUT2D eigenvalue weighted by atomic mass is 10.1. The van der Waals surface area contributed by atoms with Gasteiger partial charge in [-0.3, -0.25) is 4.79 Å². The van der Waals surface area contributed by atoms with E-state index in [2.05, 4.69) is 5.32 Å². The molecule has 0 bridgehead atoms. The van der Waals surface area contributed by atoms with Gasteiger partial charge in [-0.05, 0) is 36.1 Å². The van der Waals surface area contributed by atoms with E-state index in [1.807, 2.05) is 36.6 Å². The zero-order valence-electron chi connectivity index (χ0n) is 13.7. The van der Waals surface area contributed by atoms with E-state index in [0.717, 1.165) is 10.5 Å². The Balaban J connectivity index is 1.79. The minimum Gasteiger partial charge on any atom is -0.493 e. The molecule has 2 aromatic carbocycles. The van der Waals surface area contributed by atoms with Crippen molar-refractivity contribution in [3.8, 4) is 11.5 Å². The molecule has 2 aromatic rings. The molecule has 1 atom stereocenters. The van der Waals surface area contributed by atoms with Gasteiger partial charge in [-0.1, -0.05) is 24.3 Å². The monoisotopic (exact) mass is 347 g/mol. The first-order valence-corrected chi connectivity index (χ1v) is 8.71. The van der Waals surface area contributed by atoms with Crippen molar-refractivity contribution < 1.29 is 19.4 Å². The summed E-state index contributed by atoms with van der Waals surface area (Å²) in [4.78, 5) is 13.0. The van der Waals surface area contributed by atoms with E-state index in [-0.39, 0.29) is 19.1 Å². The zero-order chi connectivity index (χ0) is 17.4. The number of hydrogen-bond donors (Lipinski definition) is 2. The Morgan fingerprint density at radius 1 is 1.17 bits per heavy atom. The smallest absolute Gasteiger partial charge is 0.258 e. The van der Waals surface area contributed by atoms with Gasteiger partial charge < -0.3 is 19.9 Å². The van der Waals surface area contributed by atoms with Gasteiger partial charge >= 0.3 is 0 Å². The summed E-state index contributed by atoms with van der Waals surface area (Å²) < 4.78 is 10.6. The normalized spacial score (nSPS) is 11.6. The number of hydrogen-bond acceptors (Lipinski definition) is 5. The molecule has 2 N–H and O–H groups in total. The van der Waals surface area contributed by atoms with E-state index in [9.17, 15) is 9.90 Å². The summed E-state index contributed by atoms with van der Waals surface area (Å²) in [5.74, 6) is 0.767. The highest BCUT2D eigenvalue weighted by molar-refractivity contribution is 7.98. The van der Waals surface area contributed by atoms with Crippen molar-refractivity contribution in [2.24, 2.45) is 0 Å². The van der Waals surface area contributed by atoms with Crippen LogP contribution in [0.1, 0.15) is 11.7 Å². The lowest BCUT2D eigenvalue weighted by molar-refractivity contribution is -0.123. The number of amides is 1. The Labute approximate surface area is 146 Å². The van der Waals surface area contributed by atoms with E-state index >= 15 is 0 Å². The second-order valence-electron chi connectivity index (χ2n) is 5.03. The van der Waals surface area contributed by atoms with E-state index in [1.165, 1.54) is 0 Å². The molecular weight excluding hydrogens is 326 g/mol. The number of aliphatic hydroxyl groups excluding tert-OH is 1. The molecule has 1 amide bonds. The van der Waals surface area contributed by atoms with Gasteiger partial charge in [0.15, 0.2) is 18.1 Å². The minimum absolute atomic E-state index is 0.132. The van der Waals surface area contributed by atoms with Gasteiger partial charge in [0.05, 0.1) is 13.2 Å². The van der Waals surface area contributed by atoms with Crippen molar-refractivity contribution in [1.29, 1.82) is 0 Å². The first kappa shape index (κ1) is 18.2. The molecule has 0 saturated carbocycles. The third-order valence-electron chi connectivity index (χ3n) is 3.42. The minimum atomic E-state index is -0.754.